The van der Waals surface area contributed by atoms with Crippen LogP contribution in [0.15, 0.2) is 24.3 Å². The van der Waals surface area contributed by atoms with Crippen LogP contribution in [0.1, 0.15) is 25.8 Å². The molecule has 1 aromatic carbocycles. The first kappa shape index (κ1) is 10.1. The number of hydrogen-bond donors (Lipinski definition) is 1. The smallest absolute Gasteiger partial charge is 0.119 e. The Morgan fingerprint density at radius 2 is 2.15 bits per heavy atom. The van der Waals surface area contributed by atoms with Crippen molar-refractivity contribution >= 4 is 0 Å². The molecule has 1 aromatic rings. The van der Waals surface area contributed by atoms with Gasteiger partial charge in [-0.1, -0.05) is 19.1 Å². The number of hydrogen-bond acceptors (Lipinski definition) is 2. The predicted octanol–water partition coefficient (Wildman–Crippen LogP) is 2.31. The summed E-state index contributed by atoms with van der Waals surface area (Å²) in [7, 11) is 1.62. The van der Waals surface area contributed by atoms with Gasteiger partial charge in [-0.15, -0.1) is 0 Å². The van der Waals surface area contributed by atoms with Gasteiger partial charge < -0.3 is 9.84 Å². The highest BCUT2D eigenvalue weighted by molar-refractivity contribution is 5.31. The molecule has 0 bridgehead atoms. The van der Waals surface area contributed by atoms with Crippen molar-refractivity contribution in [2.24, 2.45) is 0 Å². The Balaban J connectivity index is 3.01. The van der Waals surface area contributed by atoms with E-state index in [0.29, 0.717) is 6.42 Å². The Bertz CT molecular complexity index is 279. The van der Waals surface area contributed by atoms with Crippen LogP contribution in [0, 0.1) is 0 Å². The highest BCUT2D eigenvalue weighted by atomic mass is 16.5. The van der Waals surface area contributed by atoms with Crippen molar-refractivity contribution in [3.63, 3.8) is 0 Å². The van der Waals surface area contributed by atoms with Crippen molar-refractivity contribution < 1.29 is 9.84 Å². The van der Waals surface area contributed by atoms with E-state index in [-0.39, 0.29) is 0 Å². The number of rotatable bonds is 3. The third kappa shape index (κ3) is 2.22. The molecule has 13 heavy (non-hydrogen) atoms. The molecule has 0 aliphatic rings. The number of benzene rings is 1. The van der Waals surface area contributed by atoms with E-state index < -0.39 is 5.60 Å². The first-order chi connectivity index (χ1) is 6.10. The third-order valence-electron chi connectivity index (χ3n) is 2.38. The van der Waals surface area contributed by atoms with Gasteiger partial charge in [0.25, 0.3) is 0 Å². The van der Waals surface area contributed by atoms with E-state index in [1.165, 1.54) is 0 Å². The zero-order chi connectivity index (χ0) is 9.90. The zero-order valence-corrected chi connectivity index (χ0v) is 8.37. The molecule has 0 aliphatic carbocycles. The Morgan fingerprint density at radius 1 is 1.46 bits per heavy atom. The minimum absolute atomic E-state index is 0.695. The maximum Gasteiger partial charge on any atom is 0.119 e. The Labute approximate surface area is 79.2 Å². The van der Waals surface area contributed by atoms with Crippen molar-refractivity contribution in [1.29, 1.82) is 0 Å². The summed E-state index contributed by atoms with van der Waals surface area (Å²) < 4.78 is 5.08. The second kappa shape index (κ2) is 3.79. The van der Waals surface area contributed by atoms with E-state index in [0.717, 1.165) is 11.3 Å². The van der Waals surface area contributed by atoms with Gasteiger partial charge in [0.05, 0.1) is 12.7 Å². The topological polar surface area (TPSA) is 29.5 Å². The number of aliphatic hydroxyl groups is 1. The van der Waals surface area contributed by atoms with Gasteiger partial charge in [0.1, 0.15) is 5.75 Å². The van der Waals surface area contributed by atoms with E-state index in [9.17, 15) is 5.11 Å². The molecule has 72 valence electrons. The quantitative estimate of drug-likeness (QED) is 0.773. The number of methoxy groups -OCH3 is 1. The van der Waals surface area contributed by atoms with Crippen LogP contribution in [0.5, 0.6) is 5.75 Å². The average Bonchev–Trinajstić information content (AvgIpc) is 2.18. The van der Waals surface area contributed by atoms with E-state index in [1.54, 1.807) is 7.11 Å². The molecular weight excluding hydrogens is 164 g/mol. The predicted molar refractivity (Wildman–Crippen MR) is 52.9 cm³/mol. The normalized spacial score (nSPS) is 15.1. The summed E-state index contributed by atoms with van der Waals surface area (Å²) in [5.41, 5.74) is 0.142. The van der Waals surface area contributed by atoms with Crippen LogP contribution in [-0.4, -0.2) is 12.2 Å². The van der Waals surface area contributed by atoms with Gasteiger partial charge >= 0.3 is 0 Å². The molecule has 0 aliphatic heterocycles. The molecule has 1 N–H and O–H groups in total. The molecule has 0 unspecified atom stereocenters. The van der Waals surface area contributed by atoms with Crippen LogP contribution in [0.25, 0.3) is 0 Å². The highest BCUT2D eigenvalue weighted by Gasteiger charge is 2.20. The summed E-state index contributed by atoms with van der Waals surface area (Å²) in [5, 5.41) is 9.96. The van der Waals surface area contributed by atoms with Crippen LogP contribution < -0.4 is 4.74 Å². The zero-order valence-electron chi connectivity index (χ0n) is 8.37. The van der Waals surface area contributed by atoms with Crippen molar-refractivity contribution in [3.8, 4) is 5.75 Å². The summed E-state index contributed by atoms with van der Waals surface area (Å²) in [6.45, 7) is 3.77. The van der Waals surface area contributed by atoms with E-state index >= 15 is 0 Å². The summed E-state index contributed by atoms with van der Waals surface area (Å²) in [4.78, 5) is 0. The fraction of sp³-hybridized carbons (Fsp3) is 0.455. The molecule has 0 saturated heterocycles. The standard InChI is InChI=1S/C11H16O2/c1-4-11(2,12)9-6-5-7-10(8-9)13-3/h5-8,12H,4H2,1-3H3/t11-/m0/s1. The Kier molecular flexibility index (Phi) is 2.94. The fourth-order valence-electron chi connectivity index (χ4n) is 1.16. The molecule has 0 radical (unpaired) electrons. The van der Waals surface area contributed by atoms with Crippen molar-refractivity contribution in [2.75, 3.05) is 7.11 Å². The molecule has 0 amide bonds. The molecule has 0 heterocycles. The monoisotopic (exact) mass is 180 g/mol. The molecule has 0 aromatic heterocycles. The number of ether oxygens (including phenoxy) is 1. The molecule has 0 saturated carbocycles. The molecular formula is C11H16O2. The molecule has 0 fully saturated rings. The first-order valence-electron chi connectivity index (χ1n) is 4.47. The lowest BCUT2D eigenvalue weighted by Gasteiger charge is -2.22. The van der Waals surface area contributed by atoms with Gasteiger partial charge in [-0.25, -0.2) is 0 Å². The SMILES string of the molecule is CC[C@](C)(O)c1cccc(OC)c1. The van der Waals surface area contributed by atoms with E-state index in [4.69, 9.17) is 4.74 Å². The molecule has 2 heteroatoms. The lowest BCUT2D eigenvalue weighted by Crippen LogP contribution is -2.19. The second-order valence-electron chi connectivity index (χ2n) is 3.36. The van der Waals surface area contributed by atoms with Gasteiger partial charge in [0.2, 0.25) is 0 Å². The van der Waals surface area contributed by atoms with Crippen LogP contribution in [-0.2, 0) is 5.60 Å². The van der Waals surface area contributed by atoms with E-state index in [2.05, 4.69) is 0 Å². The largest absolute Gasteiger partial charge is 0.497 e. The van der Waals surface area contributed by atoms with Crippen LogP contribution in [0.4, 0.5) is 0 Å². The van der Waals surface area contributed by atoms with Gasteiger partial charge in [-0.2, -0.15) is 0 Å². The van der Waals surface area contributed by atoms with Crippen LogP contribution in [0.2, 0.25) is 0 Å². The van der Waals surface area contributed by atoms with Crippen molar-refractivity contribution in [2.45, 2.75) is 25.9 Å². The molecule has 0 spiro atoms. The maximum atomic E-state index is 9.96. The van der Waals surface area contributed by atoms with Gasteiger partial charge in [0, 0.05) is 0 Å². The first-order valence-corrected chi connectivity index (χ1v) is 4.47. The summed E-state index contributed by atoms with van der Waals surface area (Å²) in [6.07, 6.45) is 0.695. The Hall–Kier alpha value is -1.02. The average molecular weight is 180 g/mol. The van der Waals surface area contributed by atoms with Gasteiger partial charge in [0.15, 0.2) is 0 Å². The lowest BCUT2D eigenvalue weighted by molar-refractivity contribution is 0.0528. The summed E-state index contributed by atoms with van der Waals surface area (Å²) >= 11 is 0. The van der Waals surface area contributed by atoms with Gasteiger partial charge in [-0.05, 0) is 31.0 Å². The molecule has 1 rings (SSSR count). The summed E-state index contributed by atoms with van der Waals surface area (Å²) in [6, 6.07) is 7.53. The minimum atomic E-state index is -0.755. The maximum absolute atomic E-state index is 9.96. The molecule has 2 nitrogen and oxygen atoms in total. The minimum Gasteiger partial charge on any atom is -0.497 e. The van der Waals surface area contributed by atoms with Crippen molar-refractivity contribution in [3.05, 3.63) is 29.8 Å². The summed E-state index contributed by atoms with van der Waals surface area (Å²) in [5.74, 6) is 0.784. The third-order valence-corrected chi connectivity index (χ3v) is 2.38. The van der Waals surface area contributed by atoms with Gasteiger partial charge in [-0.3, -0.25) is 0 Å². The Morgan fingerprint density at radius 3 is 2.69 bits per heavy atom. The highest BCUT2D eigenvalue weighted by Crippen LogP contribution is 2.26. The lowest BCUT2D eigenvalue weighted by atomic mass is 9.93. The van der Waals surface area contributed by atoms with E-state index in [1.807, 2.05) is 38.1 Å². The van der Waals surface area contributed by atoms with Crippen molar-refractivity contribution in [1.82, 2.24) is 0 Å². The van der Waals surface area contributed by atoms with Crippen LogP contribution in [0.3, 0.4) is 0 Å². The fourth-order valence-corrected chi connectivity index (χ4v) is 1.16. The van der Waals surface area contributed by atoms with Crippen LogP contribution >= 0.6 is 0 Å². The molecule has 1 atom stereocenters. The second-order valence-corrected chi connectivity index (χ2v) is 3.36.